The summed E-state index contributed by atoms with van der Waals surface area (Å²) in [5.74, 6) is 0.243. The van der Waals surface area contributed by atoms with E-state index in [-0.39, 0.29) is 18.4 Å². The maximum atomic E-state index is 13.1. The third-order valence-electron chi connectivity index (χ3n) is 5.95. The predicted molar refractivity (Wildman–Crippen MR) is 113 cm³/mol. The number of amides is 1. The van der Waals surface area contributed by atoms with Crippen LogP contribution in [0.3, 0.4) is 0 Å². The molecule has 2 aliphatic rings. The van der Waals surface area contributed by atoms with Crippen LogP contribution in [0.15, 0.2) is 22.6 Å². The van der Waals surface area contributed by atoms with E-state index in [0.717, 1.165) is 76.1 Å². The molecule has 7 nitrogen and oxygen atoms in total. The van der Waals surface area contributed by atoms with Crippen molar-refractivity contribution in [1.29, 1.82) is 0 Å². The van der Waals surface area contributed by atoms with Crippen LogP contribution in [0, 0.1) is 5.92 Å². The highest BCUT2D eigenvalue weighted by Gasteiger charge is 2.32. The Kier molecular flexibility index (Phi) is 6.57. The van der Waals surface area contributed by atoms with E-state index in [0.29, 0.717) is 17.6 Å². The van der Waals surface area contributed by atoms with Crippen LogP contribution in [0.5, 0.6) is 0 Å². The van der Waals surface area contributed by atoms with E-state index < -0.39 is 0 Å². The normalized spacial score (nSPS) is 21.1. The Balaban J connectivity index is 1.34. The van der Waals surface area contributed by atoms with E-state index in [9.17, 15) is 4.79 Å². The number of rotatable bonds is 6. The third-order valence-corrected chi connectivity index (χ3v) is 6.18. The second-order valence-corrected chi connectivity index (χ2v) is 8.43. The van der Waals surface area contributed by atoms with Gasteiger partial charge in [-0.05, 0) is 50.4 Å². The molecule has 2 aromatic rings. The number of oxazole rings is 1. The molecule has 0 bridgehead atoms. The van der Waals surface area contributed by atoms with Crippen LogP contribution < -0.4 is 4.90 Å². The maximum Gasteiger partial charge on any atom is 0.298 e. The summed E-state index contributed by atoms with van der Waals surface area (Å²) < 4.78 is 5.90. The van der Waals surface area contributed by atoms with E-state index in [1.165, 1.54) is 0 Å². The minimum Gasteiger partial charge on any atom is -0.423 e. The molecule has 2 fully saturated rings. The molecular formula is C21H29ClN4O3. The summed E-state index contributed by atoms with van der Waals surface area (Å²) in [7, 11) is 0. The number of benzene rings is 1. The van der Waals surface area contributed by atoms with Crippen LogP contribution in [0.25, 0.3) is 11.1 Å². The first-order chi connectivity index (χ1) is 14.1. The zero-order chi connectivity index (χ0) is 20.2. The number of piperidine rings is 1. The fourth-order valence-corrected chi connectivity index (χ4v) is 4.44. The third kappa shape index (κ3) is 4.85. The van der Waals surface area contributed by atoms with Crippen LogP contribution in [-0.4, -0.2) is 78.2 Å². The lowest BCUT2D eigenvalue weighted by molar-refractivity contribution is -0.137. The van der Waals surface area contributed by atoms with Gasteiger partial charge in [-0.1, -0.05) is 11.6 Å². The molecule has 1 N–H and O–H groups in total. The highest BCUT2D eigenvalue weighted by Crippen LogP contribution is 2.28. The van der Waals surface area contributed by atoms with Gasteiger partial charge >= 0.3 is 0 Å². The van der Waals surface area contributed by atoms with Crippen molar-refractivity contribution < 1.29 is 14.3 Å². The number of piperazine rings is 1. The molecule has 4 rings (SSSR count). The van der Waals surface area contributed by atoms with Gasteiger partial charge in [-0.2, -0.15) is 4.98 Å². The smallest absolute Gasteiger partial charge is 0.298 e. The fourth-order valence-electron chi connectivity index (χ4n) is 4.27. The molecule has 1 atom stereocenters. The number of aliphatic hydroxyl groups is 1. The Labute approximate surface area is 176 Å². The Morgan fingerprint density at radius 1 is 1.21 bits per heavy atom. The number of hydrogen-bond donors (Lipinski definition) is 1. The number of halogens is 1. The Morgan fingerprint density at radius 2 is 2.03 bits per heavy atom. The topological polar surface area (TPSA) is 73.1 Å². The second-order valence-electron chi connectivity index (χ2n) is 7.99. The number of anilines is 1. The summed E-state index contributed by atoms with van der Waals surface area (Å²) >= 11 is 6.05. The molecule has 1 unspecified atom stereocenters. The zero-order valence-corrected chi connectivity index (χ0v) is 17.5. The SMILES string of the molecule is O=C(C1CCCN(c2nc3cc(Cl)ccc3o2)C1)N1CCN(CCCCO)CC1. The van der Waals surface area contributed by atoms with Gasteiger partial charge in [0.15, 0.2) is 5.58 Å². The van der Waals surface area contributed by atoms with Crippen LogP contribution in [0.1, 0.15) is 25.7 Å². The molecule has 0 radical (unpaired) electrons. The first-order valence-corrected chi connectivity index (χ1v) is 10.9. The fraction of sp³-hybridized carbons (Fsp3) is 0.619. The molecule has 1 aromatic carbocycles. The monoisotopic (exact) mass is 420 g/mol. The van der Waals surface area contributed by atoms with Gasteiger partial charge in [-0.25, -0.2) is 0 Å². The average molecular weight is 421 g/mol. The van der Waals surface area contributed by atoms with Crippen molar-refractivity contribution in [2.24, 2.45) is 5.92 Å². The highest BCUT2D eigenvalue weighted by atomic mass is 35.5. The van der Waals surface area contributed by atoms with Crippen molar-refractivity contribution in [1.82, 2.24) is 14.8 Å². The number of aromatic nitrogens is 1. The van der Waals surface area contributed by atoms with E-state index in [4.69, 9.17) is 21.1 Å². The molecule has 3 heterocycles. The van der Waals surface area contributed by atoms with E-state index in [1.807, 2.05) is 11.0 Å². The van der Waals surface area contributed by atoms with Crippen LogP contribution in [0.2, 0.25) is 5.02 Å². The van der Waals surface area contributed by atoms with Crippen molar-refractivity contribution in [2.75, 3.05) is 57.3 Å². The van der Waals surface area contributed by atoms with Crippen molar-refractivity contribution in [3.05, 3.63) is 23.2 Å². The number of nitrogens with zero attached hydrogens (tertiary/aromatic N) is 4. The molecule has 0 spiro atoms. The van der Waals surface area contributed by atoms with Crippen LogP contribution in [-0.2, 0) is 4.79 Å². The highest BCUT2D eigenvalue weighted by molar-refractivity contribution is 6.31. The van der Waals surface area contributed by atoms with Gasteiger partial charge in [0.1, 0.15) is 5.52 Å². The molecule has 2 aliphatic heterocycles. The van der Waals surface area contributed by atoms with E-state index >= 15 is 0 Å². The van der Waals surface area contributed by atoms with Gasteiger partial charge in [0.2, 0.25) is 5.91 Å². The zero-order valence-electron chi connectivity index (χ0n) is 16.7. The second kappa shape index (κ2) is 9.32. The number of hydrogen-bond acceptors (Lipinski definition) is 6. The lowest BCUT2D eigenvalue weighted by Gasteiger charge is -2.38. The number of fused-ring (bicyclic) bond motifs is 1. The van der Waals surface area contributed by atoms with Crippen molar-refractivity contribution in [2.45, 2.75) is 25.7 Å². The van der Waals surface area contributed by atoms with Gasteiger partial charge in [-0.3, -0.25) is 9.69 Å². The van der Waals surface area contributed by atoms with Crippen molar-refractivity contribution >= 4 is 34.6 Å². The molecule has 8 heteroatoms. The minimum atomic E-state index is -0.0108. The summed E-state index contributed by atoms with van der Waals surface area (Å²) in [6.45, 7) is 6.16. The summed E-state index contributed by atoms with van der Waals surface area (Å²) in [4.78, 5) is 24.2. The standard InChI is InChI=1S/C21H29ClN4O3/c22-17-5-6-19-18(14-17)23-21(29-19)26-8-3-4-16(15-26)20(28)25-11-9-24(10-12-25)7-1-2-13-27/h5-6,14,16,27H,1-4,7-13,15H2. The number of carbonyl (C=O) groups excluding carboxylic acids is 1. The maximum absolute atomic E-state index is 13.1. The van der Waals surface area contributed by atoms with E-state index in [2.05, 4.69) is 14.8 Å². The Hall–Kier alpha value is -1.83. The Morgan fingerprint density at radius 3 is 2.83 bits per heavy atom. The van der Waals surface area contributed by atoms with Crippen LogP contribution >= 0.6 is 11.6 Å². The summed E-state index contributed by atoms with van der Waals surface area (Å²) in [6, 6.07) is 6.01. The van der Waals surface area contributed by atoms with Gasteiger partial charge < -0.3 is 19.3 Å². The molecule has 158 valence electrons. The molecule has 1 aromatic heterocycles. The van der Waals surface area contributed by atoms with Gasteiger partial charge in [0, 0.05) is 50.9 Å². The number of aliphatic hydroxyl groups excluding tert-OH is 1. The minimum absolute atomic E-state index is 0.0108. The molecular weight excluding hydrogens is 392 g/mol. The lowest BCUT2D eigenvalue weighted by atomic mass is 9.96. The summed E-state index contributed by atoms with van der Waals surface area (Å²) in [6.07, 6.45) is 3.73. The molecule has 1 amide bonds. The Bertz CT molecular complexity index is 834. The molecule has 0 saturated carbocycles. The van der Waals surface area contributed by atoms with Gasteiger partial charge in [-0.15, -0.1) is 0 Å². The summed E-state index contributed by atoms with van der Waals surface area (Å²) in [5, 5.41) is 9.56. The first-order valence-electron chi connectivity index (χ1n) is 10.6. The largest absolute Gasteiger partial charge is 0.423 e. The predicted octanol–water partition coefficient (Wildman–Crippen LogP) is 2.61. The van der Waals surface area contributed by atoms with Crippen molar-refractivity contribution in [3.63, 3.8) is 0 Å². The quantitative estimate of drug-likeness (QED) is 0.724. The van der Waals surface area contributed by atoms with E-state index in [1.54, 1.807) is 12.1 Å². The number of carbonyl (C=O) groups is 1. The van der Waals surface area contributed by atoms with Crippen molar-refractivity contribution in [3.8, 4) is 0 Å². The average Bonchev–Trinajstić information content (AvgIpc) is 3.17. The first kappa shape index (κ1) is 20.4. The summed E-state index contributed by atoms with van der Waals surface area (Å²) in [5.41, 5.74) is 1.47. The lowest BCUT2D eigenvalue weighted by Crippen LogP contribution is -2.52. The number of unbranched alkanes of at least 4 members (excludes halogenated alkanes) is 1. The van der Waals surface area contributed by atoms with Gasteiger partial charge in [0.25, 0.3) is 6.01 Å². The molecule has 2 saturated heterocycles. The van der Waals surface area contributed by atoms with Crippen LogP contribution in [0.4, 0.5) is 6.01 Å². The van der Waals surface area contributed by atoms with Gasteiger partial charge in [0.05, 0.1) is 5.92 Å². The molecule has 29 heavy (non-hydrogen) atoms. The molecule has 0 aliphatic carbocycles.